The summed E-state index contributed by atoms with van der Waals surface area (Å²) in [5.74, 6) is -0.783. The second-order valence-electron chi connectivity index (χ2n) is 7.85. The van der Waals surface area contributed by atoms with Gasteiger partial charge in [-0.3, -0.25) is 4.79 Å². The fourth-order valence-corrected chi connectivity index (χ4v) is 3.86. The van der Waals surface area contributed by atoms with E-state index in [0.29, 0.717) is 24.5 Å². The topological polar surface area (TPSA) is 62.7 Å². The maximum Gasteiger partial charge on any atom is 0.303 e. The zero-order chi connectivity index (χ0) is 21.5. The van der Waals surface area contributed by atoms with Crippen LogP contribution in [0.25, 0.3) is 11.1 Å². The predicted octanol–water partition coefficient (Wildman–Crippen LogP) is 5.31. The van der Waals surface area contributed by atoms with Crippen LogP contribution in [0.3, 0.4) is 0 Å². The van der Waals surface area contributed by atoms with Gasteiger partial charge in [0.05, 0.1) is 12.1 Å². The minimum absolute atomic E-state index is 0.0313. The summed E-state index contributed by atoms with van der Waals surface area (Å²) in [7, 11) is 1.80. The molecule has 1 N–H and O–H groups in total. The standard InChI is InChI=1S/C24H29FN2O3/c1-3-17(15-23(28)29)12-14-27(2)22-11-10-18(16-21(22)25)20-9-6-13-26-24(20)30-19-7-4-5-8-19/h3,6,9-11,13,16-17,19H,1,4-5,7-8,12,14-15H2,2H3,(H,28,29). The predicted molar refractivity (Wildman–Crippen MR) is 116 cm³/mol. The molecule has 1 aromatic carbocycles. The van der Waals surface area contributed by atoms with Gasteiger partial charge in [0, 0.05) is 25.4 Å². The molecule has 5 nitrogen and oxygen atoms in total. The Bertz CT molecular complexity index is 881. The van der Waals surface area contributed by atoms with Gasteiger partial charge < -0.3 is 14.7 Å². The van der Waals surface area contributed by atoms with Gasteiger partial charge in [0.2, 0.25) is 5.88 Å². The fraction of sp³-hybridized carbons (Fsp3) is 0.417. The highest BCUT2D eigenvalue weighted by atomic mass is 19.1. The number of allylic oxidation sites excluding steroid dienone is 1. The molecule has 0 bridgehead atoms. The molecule has 0 radical (unpaired) electrons. The lowest BCUT2D eigenvalue weighted by Crippen LogP contribution is -2.22. The number of ether oxygens (including phenoxy) is 1. The van der Waals surface area contributed by atoms with Crippen LogP contribution in [0.5, 0.6) is 5.88 Å². The van der Waals surface area contributed by atoms with Crippen LogP contribution in [-0.2, 0) is 4.79 Å². The van der Waals surface area contributed by atoms with Crippen LogP contribution in [-0.4, -0.2) is 35.8 Å². The molecule has 160 valence electrons. The number of hydrogen-bond donors (Lipinski definition) is 1. The first-order valence-electron chi connectivity index (χ1n) is 10.4. The average molecular weight is 413 g/mol. The number of nitrogens with zero attached hydrogens (tertiary/aromatic N) is 2. The van der Waals surface area contributed by atoms with Gasteiger partial charge in [-0.05, 0) is 67.9 Å². The number of carbonyl (C=O) groups is 1. The number of rotatable bonds is 10. The number of anilines is 1. The second kappa shape index (κ2) is 10.2. The number of halogens is 1. The van der Waals surface area contributed by atoms with Gasteiger partial charge in [0.15, 0.2) is 0 Å². The lowest BCUT2D eigenvalue weighted by atomic mass is 10.0. The van der Waals surface area contributed by atoms with E-state index < -0.39 is 5.97 Å². The summed E-state index contributed by atoms with van der Waals surface area (Å²) >= 11 is 0. The van der Waals surface area contributed by atoms with Crippen molar-refractivity contribution in [1.82, 2.24) is 4.98 Å². The smallest absolute Gasteiger partial charge is 0.303 e. The van der Waals surface area contributed by atoms with E-state index in [-0.39, 0.29) is 24.3 Å². The van der Waals surface area contributed by atoms with Crippen molar-refractivity contribution in [2.24, 2.45) is 5.92 Å². The van der Waals surface area contributed by atoms with Crippen molar-refractivity contribution in [2.45, 2.75) is 44.6 Å². The first kappa shape index (κ1) is 21.8. The molecular formula is C24H29FN2O3. The second-order valence-corrected chi connectivity index (χ2v) is 7.85. The summed E-state index contributed by atoms with van der Waals surface area (Å²) in [5, 5.41) is 8.96. The summed E-state index contributed by atoms with van der Waals surface area (Å²) in [6.45, 7) is 4.23. The molecule has 1 saturated carbocycles. The third-order valence-corrected chi connectivity index (χ3v) is 5.63. The molecule has 3 rings (SSSR count). The van der Waals surface area contributed by atoms with Gasteiger partial charge in [-0.15, -0.1) is 6.58 Å². The van der Waals surface area contributed by atoms with E-state index in [0.717, 1.165) is 24.0 Å². The highest BCUT2D eigenvalue weighted by Crippen LogP contribution is 2.33. The van der Waals surface area contributed by atoms with Gasteiger partial charge in [-0.2, -0.15) is 0 Å². The van der Waals surface area contributed by atoms with Crippen molar-refractivity contribution in [3.05, 3.63) is 55.0 Å². The Morgan fingerprint density at radius 3 is 2.83 bits per heavy atom. The summed E-state index contributed by atoms with van der Waals surface area (Å²) in [4.78, 5) is 17.1. The third kappa shape index (κ3) is 5.59. The highest BCUT2D eigenvalue weighted by molar-refractivity contribution is 5.71. The van der Waals surface area contributed by atoms with Crippen LogP contribution in [0.4, 0.5) is 10.1 Å². The SMILES string of the molecule is C=CC(CCN(C)c1ccc(-c2cccnc2OC2CCCC2)cc1F)CC(=O)O. The number of pyridine rings is 1. The maximum absolute atomic E-state index is 14.9. The minimum Gasteiger partial charge on any atom is -0.481 e. The average Bonchev–Trinajstić information content (AvgIpc) is 3.24. The molecule has 1 fully saturated rings. The van der Waals surface area contributed by atoms with E-state index in [2.05, 4.69) is 11.6 Å². The third-order valence-electron chi connectivity index (χ3n) is 5.63. The number of carboxylic acids is 1. The van der Waals surface area contributed by atoms with E-state index in [1.54, 1.807) is 30.3 Å². The highest BCUT2D eigenvalue weighted by Gasteiger charge is 2.20. The van der Waals surface area contributed by atoms with Crippen LogP contribution in [0.1, 0.15) is 38.5 Å². The Hall–Kier alpha value is -2.89. The first-order valence-corrected chi connectivity index (χ1v) is 10.4. The zero-order valence-electron chi connectivity index (χ0n) is 17.4. The van der Waals surface area contributed by atoms with Crippen molar-refractivity contribution in [3.8, 4) is 17.0 Å². The number of hydrogen-bond acceptors (Lipinski definition) is 4. The Labute approximate surface area is 177 Å². The molecule has 1 heterocycles. The number of carboxylic acid groups (broad SMARTS) is 1. The van der Waals surface area contributed by atoms with Gasteiger partial charge in [-0.25, -0.2) is 9.37 Å². The maximum atomic E-state index is 14.9. The molecule has 30 heavy (non-hydrogen) atoms. The lowest BCUT2D eigenvalue weighted by Gasteiger charge is -2.22. The molecule has 2 aromatic rings. The number of aliphatic carboxylic acids is 1. The quantitative estimate of drug-likeness (QED) is 0.536. The molecule has 0 spiro atoms. The van der Waals surface area contributed by atoms with Crippen LogP contribution in [0.2, 0.25) is 0 Å². The largest absolute Gasteiger partial charge is 0.481 e. The molecule has 0 amide bonds. The van der Waals surface area contributed by atoms with Crippen molar-refractivity contribution in [2.75, 3.05) is 18.5 Å². The van der Waals surface area contributed by atoms with E-state index in [1.807, 2.05) is 18.2 Å². The van der Waals surface area contributed by atoms with Crippen LogP contribution < -0.4 is 9.64 Å². The van der Waals surface area contributed by atoms with E-state index in [9.17, 15) is 9.18 Å². The van der Waals surface area contributed by atoms with Crippen molar-refractivity contribution < 1.29 is 19.0 Å². The summed E-state index contributed by atoms with van der Waals surface area (Å²) in [5.41, 5.74) is 1.98. The van der Waals surface area contributed by atoms with Crippen molar-refractivity contribution in [3.63, 3.8) is 0 Å². The molecule has 1 aliphatic carbocycles. The molecule has 1 aliphatic rings. The first-order chi connectivity index (χ1) is 14.5. The van der Waals surface area contributed by atoms with Gasteiger partial charge in [0.25, 0.3) is 0 Å². The van der Waals surface area contributed by atoms with Gasteiger partial charge in [0.1, 0.15) is 11.9 Å². The molecule has 6 heteroatoms. The minimum atomic E-state index is -0.856. The van der Waals surface area contributed by atoms with E-state index in [4.69, 9.17) is 9.84 Å². The Morgan fingerprint density at radius 1 is 1.40 bits per heavy atom. The summed E-state index contributed by atoms with van der Waals surface area (Å²) in [6, 6.07) is 8.85. The van der Waals surface area contributed by atoms with Crippen LogP contribution >= 0.6 is 0 Å². The Balaban J connectivity index is 1.72. The van der Waals surface area contributed by atoms with E-state index in [1.165, 1.54) is 18.9 Å². The molecular weight excluding hydrogens is 383 g/mol. The lowest BCUT2D eigenvalue weighted by molar-refractivity contribution is -0.137. The number of benzene rings is 1. The molecule has 0 saturated heterocycles. The fourth-order valence-electron chi connectivity index (χ4n) is 3.86. The normalized spacial score (nSPS) is 15.0. The van der Waals surface area contributed by atoms with Gasteiger partial charge >= 0.3 is 5.97 Å². The Morgan fingerprint density at radius 2 is 2.17 bits per heavy atom. The zero-order valence-corrected chi connectivity index (χ0v) is 17.4. The van der Waals surface area contributed by atoms with Crippen LogP contribution in [0.15, 0.2) is 49.2 Å². The van der Waals surface area contributed by atoms with Gasteiger partial charge in [-0.1, -0.05) is 12.1 Å². The molecule has 0 aliphatic heterocycles. The number of aromatic nitrogens is 1. The van der Waals surface area contributed by atoms with E-state index >= 15 is 0 Å². The molecule has 1 atom stereocenters. The summed E-state index contributed by atoms with van der Waals surface area (Å²) < 4.78 is 21.0. The van der Waals surface area contributed by atoms with Crippen molar-refractivity contribution >= 4 is 11.7 Å². The monoisotopic (exact) mass is 412 g/mol. The Kier molecular flexibility index (Phi) is 7.44. The van der Waals surface area contributed by atoms with Crippen LogP contribution in [0, 0.1) is 11.7 Å². The summed E-state index contributed by atoms with van der Waals surface area (Å²) in [6.07, 6.45) is 8.54. The molecule has 1 aromatic heterocycles. The molecule has 1 unspecified atom stereocenters. The van der Waals surface area contributed by atoms with Crippen molar-refractivity contribution in [1.29, 1.82) is 0 Å².